The lowest BCUT2D eigenvalue weighted by molar-refractivity contribution is -0.122. The van der Waals surface area contributed by atoms with E-state index in [0.717, 1.165) is 38.0 Å². The Morgan fingerprint density at radius 1 is 1.23 bits per heavy atom. The van der Waals surface area contributed by atoms with Crippen LogP contribution in [0.25, 0.3) is 0 Å². The molecule has 124 valence electrons. The molecule has 0 aromatic heterocycles. The maximum Gasteiger partial charge on any atom is 0.222 e. The van der Waals surface area contributed by atoms with Crippen LogP contribution in [0.3, 0.4) is 0 Å². The molecule has 2 unspecified atom stereocenters. The Morgan fingerprint density at radius 3 is 2.45 bits per heavy atom. The summed E-state index contributed by atoms with van der Waals surface area (Å²) in [5.41, 5.74) is 7.09. The van der Waals surface area contributed by atoms with Crippen LogP contribution >= 0.6 is 0 Å². The lowest BCUT2D eigenvalue weighted by Crippen LogP contribution is -2.35. The fourth-order valence-electron chi connectivity index (χ4n) is 2.58. The zero-order valence-corrected chi connectivity index (χ0v) is 14.2. The van der Waals surface area contributed by atoms with Crippen LogP contribution in [-0.4, -0.2) is 36.5 Å². The molecule has 0 aliphatic heterocycles. The lowest BCUT2D eigenvalue weighted by Gasteiger charge is -2.20. The summed E-state index contributed by atoms with van der Waals surface area (Å²) in [5.74, 6) is 0.0340. The van der Waals surface area contributed by atoms with E-state index in [1.807, 2.05) is 30.3 Å². The van der Waals surface area contributed by atoms with Gasteiger partial charge in [0.25, 0.3) is 0 Å². The Balaban J connectivity index is 2.26. The van der Waals surface area contributed by atoms with E-state index in [1.54, 1.807) is 0 Å². The minimum atomic E-state index is -0.232. The number of amides is 1. The standard InChI is InChI=1S/C18H31N3O/c1-4-21(5-2)13-9-10-15(3)20-18(22)14-17(19)16-11-7-6-8-12-16/h6-8,11-12,15,17H,4-5,9-10,13-14,19H2,1-3H3,(H,20,22). The van der Waals surface area contributed by atoms with Crippen molar-refractivity contribution in [1.82, 2.24) is 10.2 Å². The summed E-state index contributed by atoms with van der Waals surface area (Å²) in [5, 5.41) is 3.05. The van der Waals surface area contributed by atoms with Crippen molar-refractivity contribution in [3.8, 4) is 0 Å². The predicted molar refractivity (Wildman–Crippen MR) is 92.6 cm³/mol. The first kappa shape index (κ1) is 18.7. The fourth-order valence-corrected chi connectivity index (χ4v) is 2.58. The van der Waals surface area contributed by atoms with E-state index in [9.17, 15) is 4.79 Å². The van der Waals surface area contributed by atoms with E-state index in [1.165, 1.54) is 0 Å². The van der Waals surface area contributed by atoms with Gasteiger partial charge in [0.1, 0.15) is 0 Å². The maximum atomic E-state index is 12.0. The highest BCUT2D eigenvalue weighted by atomic mass is 16.1. The molecule has 1 rings (SSSR count). The van der Waals surface area contributed by atoms with Crippen molar-refractivity contribution >= 4 is 5.91 Å². The minimum absolute atomic E-state index is 0.0340. The molecule has 0 fully saturated rings. The molecule has 22 heavy (non-hydrogen) atoms. The first-order valence-corrected chi connectivity index (χ1v) is 8.39. The van der Waals surface area contributed by atoms with E-state index >= 15 is 0 Å². The van der Waals surface area contributed by atoms with Crippen molar-refractivity contribution in [1.29, 1.82) is 0 Å². The summed E-state index contributed by atoms with van der Waals surface area (Å²) in [7, 11) is 0. The smallest absolute Gasteiger partial charge is 0.222 e. The van der Waals surface area contributed by atoms with Crippen LogP contribution in [0, 0.1) is 0 Å². The highest BCUT2D eigenvalue weighted by molar-refractivity contribution is 5.77. The Kier molecular flexibility index (Phi) is 8.78. The van der Waals surface area contributed by atoms with Crippen molar-refractivity contribution in [2.45, 2.75) is 52.1 Å². The molecule has 0 saturated carbocycles. The van der Waals surface area contributed by atoms with Crippen molar-refractivity contribution in [3.63, 3.8) is 0 Å². The average molecular weight is 305 g/mol. The van der Waals surface area contributed by atoms with Crippen molar-refractivity contribution in [2.75, 3.05) is 19.6 Å². The van der Waals surface area contributed by atoms with Crippen LogP contribution in [0.15, 0.2) is 30.3 Å². The van der Waals surface area contributed by atoms with Crippen molar-refractivity contribution in [2.24, 2.45) is 5.73 Å². The normalized spacial score (nSPS) is 13.9. The van der Waals surface area contributed by atoms with Crippen molar-refractivity contribution < 1.29 is 4.79 Å². The van der Waals surface area contributed by atoms with Crippen LogP contribution in [0.2, 0.25) is 0 Å². The second kappa shape index (κ2) is 10.4. The van der Waals surface area contributed by atoms with Gasteiger partial charge in [0.15, 0.2) is 0 Å². The zero-order chi connectivity index (χ0) is 16.4. The molecule has 0 heterocycles. The Bertz CT molecular complexity index is 418. The van der Waals surface area contributed by atoms with Gasteiger partial charge in [-0.25, -0.2) is 0 Å². The second-order valence-electron chi connectivity index (χ2n) is 5.86. The number of carbonyl (C=O) groups is 1. The summed E-state index contributed by atoms with van der Waals surface area (Å²) in [6, 6.07) is 9.74. The van der Waals surface area contributed by atoms with Gasteiger partial charge in [-0.3, -0.25) is 4.79 Å². The van der Waals surface area contributed by atoms with Gasteiger partial charge in [-0.2, -0.15) is 0 Å². The molecule has 1 aromatic rings. The van der Waals surface area contributed by atoms with Gasteiger partial charge in [0.2, 0.25) is 5.91 Å². The number of hydrogen-bond donors (Lipinski definition) is 2. The second-order valence-corrected chi connectivity index (χ2v) is 5.86. The summed E-state index contributed by atoms with van der Waals surface area (Å²) < 4.78 is 0. The maximum absolute atomic E-state index is 12.0. The summed E-state index contributed by atoms with van der Waals surface area (Å²) in [6.45, 7) is 9.69. The van der Waals surface area contributed by atoms with Crippen LogP contribution < -0.4 is 11.1 Å². The average Bonchev–Trinajstić information content (AvgIpc) is 2.52. The third-order valence-corrected chi connectivity index (χ3v) is 4.05. The van der Waals surface area contributed by atoms with Crippen LogP contribution in [0.5, 0.6) is 0 Å². The Hall–Kier alpha value is -1.39. The van der Waals surface area contributed by atoms with Gasteiger partial charge in [0, 0.05) is 18.5 Å². The van der Waals surface area contributed by atoms with E-state index in [2.05, 4.69) is 31.0 Å². The third kappa shape index (κ3) is 7.05. The third-order valence-electron chi connectivity index (χ3n) is 4.05. The first-order chi connectivity index (χ1) is 10.6. The molecule has 4 heteroatoms. The molecule has 0 aliphatic carbocycles. The Morgan fingerprint density at radius 2 is 1.86 bits per heavy atom. The number of nitrogens with two attached hydrogens (primary N) is 1. The number of carbonyl (C=O) groups excluding carboxylic acids is 1. The molecule has 3 N–H and O–H groups in total. The topological polar surface area (TPSA) is 58.4 Å². The minimum Gasteiger partial charge on any atom is -0.354 e. The monoisotopic (exact) mass is 305 g/mol. The largest absolute Gasteiger partial charge is 0.354 e. The van der Waals surface area contributed by atoms with Gasteiger partial charge in [-0.1, -0.05) is 44.2 Å². The number of benzene rings is 1. The Labute approximate surface area is 135 Å². The first-order valence-electron chi connectivity index (χ1n) is 8.39. The number of rotatable bonds is 10. The number of nitrogens with one attached hydrogen (secondary N) is 1. The summed E-state index contributed by atoms with van der Waals surface area (Å²) in [4.78, 5) is 14.4. The molecule has 2 atom stereocenters. The molecule has 0 aliphatic rings. The van der Waals surface area contributed by atoms with Crippen LogP contribution in [0.1, 0.15) is 51.6 Å². The quantitative estimate of drug-likeness (QED) is 0.699. The molecule has 0 radical (unpaired) electrons. The van der Waals surface area contributed by atoms with Gasteiger partial charge in [-0.15, -0.1) is 0 Å². The summed E-state index contributed by atoms with van der Waals surface area (Å²) >= 11 is 0. The fraction of sp³-hybridized carbons (Fsp3) is 0.611. The summed E-state index contributed by atoms with van der Waals surface area (Å²) in [6.07, 6.45) is 2.45. The van der Waals surface area contributed by atoms with E-state index in [0.29, 0.717) is 6.42 Å². The highest BCUT2D eigenvalue weighted by Crippen LogP contribution is 2.13. The van der Waals surface area contributed by atoms with Gasteiger partial charge >= 0.3 is 0 Å². The predicted octanol–water partition coefficient (Wildman–Crippen LogP) is 2.70. The molecule has 4 nitrogen and oxygen atoms in total. The van der Waals surface area contributed by atoms with Gasteiger partial charge in [0.05, 0.1) is 0 Å². The van der Waals surface area contributed by atoms with E-state index in [-0.39, 0.29) is 18.0 Å². The molecule has 1 aromatic carbocycles. The highest BCUT2D eigenvalue weighted by Gasteiger charge is 2.13. The van der Waals surface area contributed by atoms with Gasteiger partial charge in [-0.05, 0) is 45.0 Å². The molecule has 0 saturated heterocycles. The molecular formula is C18H31N3O. The van der Waals surface area contributed by atoms with E-state index < -0.39 is 0 Å². The number of hydrogen-bond acceptors (Lipinski definition) is 3. The molecular weight excluding hydrogens is 274 g/mol. The number of nitrogens with zero attached hydrogens (tertiary/aromatic N) is 1. The SMILES string of the molecule is CCN(CC)CCCC(C)NC(=O)CC(N)c1ccccc1. The van der Waals surface area contributed by atoms with Gasteiger partial charge < -0.3 is 16.0 Å². The molecule has 0 bridgehead atoms. The zero-order valence-electron chi connectivity index (χ0n) is 14.2. The van der Waals surface area contributed by atoms with Crippen LogP contribution in [0.4, 0.5) is 0 Å². The molecule has 0 spiro atoms. The van der Waals surface area contributed by atoms with Crippen LogP contribution in [-0.2, 0) is 4.79 Å². The van der Waals surface area contributed by atoms with Crippen molar-refractivity contribution in [3.05, 3.63) is 35.9 Å². The lowest BCUT2D eigenvalue weighted by atomic mass is 10.0. The molecule has 1 amide bonds. The van der Waals surface area contributed by atoms with E-state index in [4.69, 9.17) is 5.73 Å².